The number of rotatable bonds is 1. The van der Waals surface area contributed by atoms with Gasteiger partial charge in [0, 0.05) is 6.07 Å². The Hall–Kier alpha value is -2.07. The summed E-state index contributed by atoms with van der Waals surface area (Å²) in [6, 6.07) is 10.4. The molecule has 0 radical (unpaired) electrons. The molecule has 0 aliphatic rings. The van der Waals surface area contributed by atoms with Crippen LogP contribution in [-0.2, 0) is 0 Å². The maximum Gasteiger partial charge on any atom is 0.248 e. The van der Waals surface area contributed by atoms with Gasteiger partial charge in [-0.05, 0) is 18.2 Å². The summed E-state index contributed by atoms with van der Waals surface area (Å²) < 4.78 is 0. The number of nitrogens with zero attached hydrogens (tertiary/aromatic N) is 1. The third-order valence-corrected chi connectivity index (χ3v) is 2.79. The number of nitrogens with one attached hydrogen (secondary N) is 2. The first-order chi connectivity index (χ1) is 8.24. The van der Waals surface area contributed by atoms with Crippen molar-refractivity contribution in [3.63, 3.8) is 0 Å². The van der Waals surface area contributed by atoms with Crippen LogP contribution < -0.4 is 5.56 Å². The summed E-state index contributed by atoms with van der Waals surface area (Å²) in [5.74, 6) is 0.603. The average Bonchev–Trinajstić information content (AvgIpc) is 2.74. The molecule has 0 saturated heterocycles. The molecule has 0 fully saturated rings. The third kappa shape index (κ3) is 1.72. The topological polar surface area (TPSA) is 61.5 Å². The first kappa shape index (κ1) is 10.1. The van der Waals surface area contributed by atoms with Crippen molar-refractivity contribution in [3.8, 4) is 11.5 Å². The van der Waals surface area contributed by atoms with Gasteiger partial charge in [-0.3, -0.25) is 4.79 Å². The highest BCUT2D eigenvalue weighted by Gasteiger charge is 2.07. The minimum Gasteiger partial charge on any atom is -0.337 e. The molecule has 0 saturated carbocycles. The minimum atomic E-state index is -0.158. The summed E-state index contributed by atoms with van der Waals surface area (Å²) in [7, 11) is 0. The molecule has 4 nitrogen and oxygen atoms in total. The Morgan fingerprint density at radius 3 is 2.65 bits per heavy atom. The Morgan fingerprint density at radius 1 is 1.06 bits per heavy atom. The van der Waals surface area contributed by atoms with Crippen molar-refractivity contribution in [2.45, 2.75) is 0 Å². The van der Waals surface area contributed by atoms with Crippen LogP contribution in [0.25, 0.3) is 22.6 Å². The van der Waals surface area contributed by atoms with Gasteiger partial charge in [-0.1, -0.05) is 23.7 Å². The highest BCUT2D eigenvalue weighted by atomic mass is 35.5. The minimum absolute atomic E-state index is 0.158. The number of hydrogen-bond donors (Lipinski definition) is 2. The predicted octanol–water partition coefficient (Wildman–Crippen LogP) is 2.57. The Kier molecular flexibility index (Phi) is 2.23. The first-order valence-corrected chi connectivity index (χ1v) is 5.46. The Labute approximate surface area is 101 Å². The van der Waals surface area contributed by atoms with Crippen molar-refractivity contribution < 1.29 is 0 Å². The van der Waals surface area contributed by atoms with E-state index in [-0.39, 0.29) is 5.56 Å². The third-order valence-electron chi connectivity index (χ3n) is 2.49. The number of hydrogen-bond acceptors (Lipinski definition) is 2. The molecule has 0 aliphatic carbocycles. The molecule has 0 atom stereocenters. The van der Waals surface area contributed by atoms with Gasteiger partial charge in [0.25, 0.3) is 0 Å². The summed E-state index contributed by atoms with van der Waals surface area (Å²) in [4.78, 5) is 21.4. The van der Waals surface area contributed by atoms with E-state index in [4.69, 9.17) is 11.6 Å². The molecule has 0 spiro atoms. The van der Waals surface area contributed by atoms with Crippen LogP contribution in [0.5, 0.6) is 0 Å². The molecule has 2 heterocycles. The van der Waals surface area contributed by atoms with Crippen molar-refractivity contribution in [3.05, 3.63) is 51.8 Å². The van der Waals surface area contributed by atoms with Crippen LogP contribution in [0.1, 0.15) is 0 Å². The number of halogens is 1. The van der Waals surface area contributed by atoms with E-state index in [0.717, 1.165) is 5.52 Å². The van der Waals surface area contributed by atoms with Gasteiger partial charge in [-0.15, -0.1) is 0 Å². The van der Waals surface area contributed by atoms with Crippen molar-refractivity contribution in [2.24, 2.45) is 0 Å². The number of fused-ring (bicyclic) bond motifs is 1. The second kappa shape index (κ2) is 3.75. The predicted molar refractivity (Wildman–Crippen MR) is 67.2 cm³/mol. The van der Waals surface area contributed by atoms with Gasteiger partial charge in [0.1, 0.15) is 5.52 Å². The van der Waals surface area contributed by atoms with E-state index < -0.39 is 0 Å². The molecule has 2 aromatic heterocycles. The molecule has 3 rings (SSSR count). The van der Waals surface area contributed by atoms with Crippen molar-refractivity contribution >= 4 is 22.6 Å². The highest BCUT2D eigenvalue weighted by molar-refractivity contribution is 6.34. The second-order valence-electron chi connectivity index (χ2n) is 3.65. The monoisotopic (exact) mass is 245 g/mol. The normalized spacial score (nSPS) is 10.9. The van der Waals surface area contributed by atoms with Crippen molar-refractivity contribution in [2.75, 3.05) is 0 Å². The fourth-order valence-corrected chi connectivity index (χ4v) is 1.93. The highest BCUT2D eigenvalue weighted by Crippen LogP contribution is 2.23. The Morgan fingerprint density at radius 2 is 1.88 bits per heavy atom. The maximum atomic E-state index is 11.2. The molecule has 0 aliphatic heterocycles. The van der Waals surface area contributed by atoms with E-state index in [2.05, 4.69) is 15.0 Å². The summed E-state index contributed by atoms with van der Waals surface area (Å²) in [5.41, 5.74) is 2.03. The van der Waals surface area contributed by atoms with E-state index in [9.17, 15) is 4.79 Å². The van der Waals surface area contributed by atoms with Gasteiger partial charge in [0.2, 0.25) is 5.56 Å². The van der Waals surface area contributed by atoms with Crippen LogP contribution in [0.3, 0.4) is 0 Å². The molecular formula is C12H8ClN3O. The standard InChI is InChI=1S/C12H8ClN3O/c13-7-3-1-4-8-11(7)16-12(15-8)9-5-2-6-10(17)14-9/h1-6H,(H,14,17)(H,15,16). The van der Waals surface area contributed by atoms with E-state index in [1.54, 1.807) is 18.2 Å². The van der Waals surface area contributed by atoms with Gasteiger partial charge < -0.3 is 9.97 Å². The molecule has 5 heteroatoms. The van der Waals surface area contributed by atoms with Gasteiger partial charge in [-0.25, -0.2) is 4.98 Å². The van der Waals surface area contributed by atoms with Gasteiger partial charge in [-0.2, -0.15) is 0 Å². The molecule has 17 heavy (non-hydrogen) atoms. The molecular weight excluding hydrogens is 238 g/mol. The zero-order valence-electron chi connectivity index (χ0n) is 8.70. The molecule has 84 valence electrons. The number of H-pyrrole nitrogens is 2. The lowest BCUT2D eigenvalue weighted by Gasteiger charge is -1.93. The van der Waals surface area contributed by atoms with Crippen LogP contribution in [-0.4, -0.2) is 15.0 Å². The van der Waals surface area contributed by atoms with Gasteiger partial charge in [0.15, 0.2) is 5.82 Å². The quantitative estimate of drug-likeness (QED) is 0.692. The summed E-state index contributed by atoms with van der Waals surface area (Å²) >= 11 is 6.03. The molecule has 1 aromatic carbocycles. The number of pyridine rings is 1. The summed E-state index contributed by atoms with van der Waals surface area (Å²) in [6.07, 6.45) is 0. The second-order valence-corrected chi connectivity index (χ2v) is 4.06. The lowest BCUT2D eigenvalue weighted by atomic mass is 10.3. The van der Waals surface area contributed by atoms with E-state index in [0.29, 0.717) is 22.1 Å². The smallest absolute Gasteiger partial charge is 0.248 e. The Bertz CT molecular complexity index is 745. The SMILES string of the molecule is O=c1cccc(-c2nc3c(Cl)cccc3[nH]2)[nH]1. The van der Waals surface area contributed by atoms with Crippen LogP contribution in [0.4, 0.5) is 0 Å². The number of aromatic nitrogens is 3. The van der Waals surface area contributed by atoms with Crippen molar-refractivity contribution in [1.29, 1.82) is 0 Å². The number of aromatic amines is 2. The van der Waals surface area contributed by atoms with Crippen LogP contribution in [0.2, 0.25) is 5.02 Å². The van der Waals surface area contributed by atoms with Gasteiger partial charge >= 0.3 is 0 Å². The Balaban J connectivity index is 2.25. The zero-order chi connectivity index (χ0) is 11.8. The number of benzene rings is 1. The first-order valence-electron chi connectivity index (χ1n) is 5.08. The van der Waals surface area contributed by atoms with Gasteiger partial charge in [0.05, 0.1) is 16.2 Å². The molecule has 0 amide bonds. The average molecular weight is 246 g/mol. The van der Waals surface area contributed by atoms with E-state index >= 15 is 0 Å². The van der Waals surface area contributed by atoms with Crippen LogP contribution in [0, 0.1) is 0 Å². The molecule has 0 unspecified atom stereocenters. The summed E-state index contributed by atoms with van der Waals surface area (Å²) in [6.45, 7) is 0. The number of para-hydroxylation sites is 1. The molecule has 0 bridgehead atoms. The zero-order valence-corrected chi connectivity index (χ0v) is 9.45. The lowest BCUT2D eigenvalue weighted by Crippen LogP contribution is -2.03. The van der Waals surface area contributed by atoms with E-state index in [1.165, 1.54) is 6.07 Å². The number of imidazole rings is 1. The molecule has 3 aromatic rings. The largest absolute Gasteiger partial charge is 0.337 e. The van der Waals surface area contributed by atoms with Crippen molar-refractivity contribution in [1.82, 2.24) is 15.0 Å². The fourth-order valence-electron chi connectivity index (χ4n) is 1.71. The van der Waals surface area contributed by atoms with Crippen LogP contribution in [0.15, 0.2) is 41.2 Å². The van der Waals surface area contributed by atoms with Crippen LogP contribution >= 0.6 is 11.6 Å². The maximum absolute atomic E-state index is 11.2. The van der Waals surface area contributed by atoms with E-state index in [1.807, 2.05) is 12.1 Å². The molecule has 2 N–H and O–H groups in total. The fraction of sp³-hybridized carbons (Fsp3) is 0. The lowest BCUT2D eigenvalue weighted by molar-refractivity contribution is 1.19. The summed E-state index contributed by atoms with van der Waals surface area (Å²) in [5, 5.41) is 0.586.